The monoisotopic (exact) mass is 378 g/mol. The van der Waals surface area contributed by atoms with E-state index >= 15 is 0 Å². The zero-order valence-electron chi connectivity index (χ0n) is 15.5. The van der Waals surface area contributed by atoms with E-state index in [0.29, 0.717) is 56.2 Å². The lowest BCUT2D eigenvalue weighted by Crippen LogP contribution is -2.39. The maximum atomic E-state index is 12.9. The van der Waals surface area contributed by atoms with E-state index in [0.717, 1.165) is 5.56 Å². The molecule has 0 unspecified atom stereocenters. The standard InChI is InChI=1S/C22H22N2O4/c25-21(6-3-16-2-1-9-23-15-16)24-10-7-17(8-11-24)22(26)18-4-5-19-20(14-18)28-13-12-27-19/h1-6,9,14-15,17H,7-8,10-13H2/b6-3+. The van der Waals surface area contributed by atoms with E-state index in [-0.39, 0.29) is 17.6 Å². The zero-order chi connectivity index (χ0) is 19.3. The van der Waals surface area contributed by atoms with Crippen molar-refractivity contribution in [2.45, 2.75) is 12.8 Å². The minimum absolute atomic E-state index is 0.0333. The van der Waals surface area contributed by atoms with Gasteiger partial charge >= 0.3 is 0 Å². The third kappa shape index (κ3) is 4.06. The Balaban J connectivity index is 1.34. The van der Waals surface area contributed by atoms with Crippen LogP contribution >= 0.6 is 0 Å². The Morgan fingerprint density at radius 3 is 2.61 bits per heavy atom. The van der Waals surface area contributed by atoms with Crippen molar-refractivity contribution in [3.05, 3.63) is 59.9 Å². The van der Waals surface area contributed by atoms with Gasteiger partial charge in [-0.15, -0.1) is 0 Å². The van der Waals surface area contributed by atoms with Crippen LogP contribution in [0.1, 0.15) is 28.8 Å². The van der Waals surface area contributed by atoms with Crippen LogP contribution in [-0.4, -0.2) is 47.9 Å². The number of ether oxygens (including phenoxy) is 2. The van der Waals surface area contributed by atoms with Crippen molar-refractivity contribution >= 4 is 17.8 Å². The Labute approximate surface area is 163 Å². The van der Waals surface area contributed by atoms with Gasteiger partial charge in [-0.3, -0.25) is 14.6 Å². The molecule has 0 atom stereocenters. The molecule has 0 saturated carbocycles. The zero-order valence-corrected chi connectivity index (χ0v) is 15.5. The van der Waals surface area contributed by atoms with Crippen LogP contribution in [0.3, 0.4) is 0 Å². The normalized spacial score (nSPS) is 16.9. The molecule has 0 spiro atoms. The predicted molar refractivity (Wildman–Crippen MR) is 104 cm³/mol. The van der Waals surface area contributed by atoms with Crippen LogP contribution in [-0.2, 0) is 4.79 Å². The molecule has 2 aromatic rings. The number of likely N-dealkylation sites (tertiary alicyclic amines) is 1. The number of benzene rings is 1. The second-order valence-corrected chi connectivity index (χ2v) is 6.94. The number of carbonyl (C=O) groups is 2. The lowest BCUT2D eigenvalue weighted by Gasteiger charge is -2.30. The lowest BCUT2D eigenvalue weighted by atomic mass is 9.88. The van der Waals surface area contributed by atoms with Crippen LogP contribution < -0.4 is 9.47 Å². The molecule has 1 saturated heterocycles. The average molecular weight is 378 g/mol. The number of piperidine rings is 1. The SMILES string of the molecule is O=C(c1ccc2c(c1)OCCO2)C1CCN(C(=O)/C=C/c2cccnc2)CC1. The predicted octanol–water partition coefficient (Wildman–Crippen LogP) is 2.99. The van der Waals surface area contributed by atoms with E-state index in [2.05, 4.69) is 4.98 Å². The van der Waals surface area contributed by atoms with Gasteiger partial charge in [-0.1, -0.05) is 6.07 Å². The quantitative estimate of drug-likeness (QED) is 0.604. The number of rotatable bonds is 4. The van der Waals surface area contributed by atoms with E-state index in [1.54, 1.807) is 47.6 Å². The number of fused-ring (bicyclic) bond motifs is 1. The second-order valence-electron chi connectivity index (χ2n) is 6.94. The molecular weight excluding hydrogens is 356 g/mol. The van der Waals surface area contributed by atoms with Crippen molar-refractivity contribution in [1.82, 2.24) is 9.88 Å². The van der Waals surface area contributed by atoms with Gasteiger partial charge in [0.2, 0.25) is 5.91 Å². The van der Waals surface area contributed by atoms with Gasteiger partial charge in [-0.2, -0.15) is 0 Å². The third-order valence-corrected chi connectivity index (χ3v) is 5.11. The van der Waals surface area contributed by atoms with Crippen molar-refractivity contribution in [3.8, 4) is 11.5 Å². The fourth-order valence-corrected chi connectivity index (χ4v) is 3.54. The minimum atomic E-state index is -0.0751. The van der Waals surface area contributed by atoms with Crippen molar-refractivity contribution in [2.24, 2.45) is 5.92 Å². The fraction of sp³-hybridized carbons (Fsp3) is 0.318. The van der Waals surface area contributed by atoms with E-state index < -0.39 is 0 Å². The molecule has 0 N–H and O–H groups in total. The van der Waals surface area contributed by atoms with E-state index in [9.17, 15) is 9.59 Å². The molecule has 1 amide bonds. The molecule has 1 fully saturated rings. The van der Waals surface area contributed by atoms with Crippen LogP contribution in [0.25, 0.3) is 6.08 Å². The average Bonchev–Trinajstić information content (AvgIpc) is 2.77. The maximum Gasteiger partial charge on any atom is 0.246 e. The fourth-order valence-electron chi connectivity index (χ4n) is 3.54. The van der Waals surface area contributed by atoms with Crippen molar-refractivity contribution in [3.63, 3.8) is 0 Å². The van der Waals surface area contributed by atoms with Crippen LogP contribution in [0.4, 0.5) is 0 Å². The van der Waals surface area contributed by atoms with Crippen LogP contribution in [0.15, 0.2) is 48.8 Å². The molecule has 1 aromatic carbocycles. The number of Topliss-reactive ketones (excluding diaryl/α,β-unsaturated/α-hetero) is 1. The molecule has 2 aliphatic heterocycles. The largest absolute Gasteiger partial charge is 0.486 e. The highest BCUT2D eigenvalue weighted by atomic mass is 16.6. The van der Waals surface area contributed by atoms with Crippen molar-refractivity contribution in [1.29, 1.82) is 0 Å². The van der Waals surface area contributed by atoms with Gasteiger partial charge in [-0.25, -0.2) is 0 Å². The number of hydrogen-bond acceptors (Lipinski definition) is 5. The minimum Gasteiger partial charge on any atom is -0.486 e. The van der Waals surface area contributed by atoms with Gasteiger partial charge in [0, 0.05) is 43.0 Å². The molecule has 1 aromatic heterocycles. The number of aromatic nitrogens is 1. The smallest absolute Gasteiger partial charge is 0.246 e. The van der Waals surface area contributed by atoms with Gasteiger partial charge in [0.1, 0.15) is 13.2 Å². The number of ketones is 1. The van der Waals surface area contributed by atoms with Gasteiger partial charge < -0.3 is 14.4 Å². The number of nitrogens with zero attached hydrogens (tertiary/aromatic N) is 2. The first-order valence-electron chi connectivity index (χ1n) is 9.51. The first-order chi connectivity index (χ1) is 13.7. The van der Waals surface area contributed by atoms with Crippen LogP contribution in [0.2, 0.25) is 0 Å². The first kappa shape index (κ1) is 18.2. The molecule has 6 heteroatoms. The highest BCUT2D eigenvalue weighted by molar-refractivity contribution is 5.99. The van der Waals surface area contributed by atoms with Gasteiger partial charge in [0.15, 0.2) is 17.3 Å². The van der Waals surface area contributed by atoms with Gasteiger partial charge in [-0.05, 0) is 48.7 Å². The molecular formula is C22H22N2O4. The Kier molecular flexibility index (Phi) is 5.37. The van der Waals surface area contributed by atoms with E-state index in [1.165, 1.54) is 0 Å². The number of pyridine rings is 1. The third-order valence-electron chi connectivity index (χ3n) is 5.11. The Hall–Kier alpha value is -3.15. The van der Waals surface area contributed by atoms with E-state index in [1.807, 2.05) is 12.1 Å². The molecule has 2 aliphatic rings. The molecule has 28 heavy (non-hydrogen) atoms. The Morgan fingerprint density at radius 2 is 1.86 bits per heavy atom. The van der Waals surface area contributed by atoms with E-state index in [4.69, 9.17) is 9.47 Å². The van der Waals surface area contributed by atoms with Gasteiger partial charge in [0.05, 0.1) is 0 Å². The molecule has 4 rings (SSSR count). The topological polar surface area (TPSA) is 68.7 Å². The summed E-state index contributed by atoms with van der Waals surface area (Å²) >= 11 is 0. The summed E-state index contributed by atoms with van der Waals surface area (Å²) in [5.74, 6) is 1.31. The summed E-state index contributed by atoms with van der Waals surface area (Å²) < 4.78 is 11.1. The molecule has 0 aliphatic carbocycles. The molecule has 3 heterocycles. The molecule has 144 valence electrons. The van der Waals surface area contributed by atoms with Crippen molar-refractivity contribution in [2.75, 3.05) is 26.3 Å². The number of carbonyl (C=O) groups excluding carboxylic acids is 2. The number of hydrogen-bond donors (Lipinski definition) is 0. The summed E-state index contributed by atoms with van der Waals surface area (Å²) in [6.45, 7) is 2.19. The summed E-state index contributed by atoms with van der Waals surface area (Å²) in [6, 6.07) is 9.09. The Morgan fingerprint density at radius 1 is 1.07 bits per heavy atom. The molecule has 0 radical (unpaired) electrons. The summed E-state index contributed by atoms with van der Waals surface area (Å²) in [7, 11) is 0. The molecule has 6 nitrogen and oxygen atoms in total. The van der Waals surface area contributed by atoms with Crippen LogP contribution in [0, 0.1) is 5.92 Å². The Bertz CT molecular complexity index is 887. The van der Waals surface area contributed by atoms with Gasteiger partial charge in [0.25, 0.3) is 0 Å². The summed E-state index contributed by atoms with van der Waals surface area (Å²) in [5, 5.41) is 0. The molecule has 0 bridgehead atoms. The maximum absolute atomic E-state index is 12.9. The van der Waals surface area contributed by atoms with Crippen molar-refractivity contribution < 1.29 is 19.1 Å². The lowest BCUT2D eigenvalue weighted by molar-refractivity contribution is -0.127. The van der Waals surface area contributed by atoms with Crippen LogP contribution in [0.5, 0.6) is 11.5 Å². The second kappa shape index (κ2) is 8.25. The highest BCUT2D eigenvalue weighted by Crippen LogP contribution is 2.32. The summed E-state index contributed by atoms with van der Waals surface area (Å²) in [5.41, 5.74) is 1.53. The summed E-state index contributed by atoms with van der Waals surface area (Å²) in [4.78, 5) is 31.1. The number of amides is 1. The summed E-state index contributed by atoms with van der Waals surface area (Å²) in [6.07, 6.45) is 8.08. The first-order valence-corrected chi connectivity index (χ1v) is 9.51. The highest BCUT2D eigenvalue weighted by Gasteiger charge is 2.28.